The van der Waals surface area contributed by atoms with Gasteiger partial charge in [-0.15, -0.1) is 0 Å². The number of hydrogen-bond acceptors (Lipinski definition) is 6. The highest BCUT2D eigenvalue weighted by molar-refractivity contribution is 6.42. The third kappa shape index (κ3) is 4.37. The summed E-state index contributed by atoms with van der Waals surface area (Å²) in [5, 5.41) is 27.9. The fraction of sp³-hybridized carbons (Fsp3) is 0.235. The van der Waals surface area contributed by atoms with Crippen LogP contribution in [0.4, 0.5) is 5.69 Å². The Labute approximate surface area is 156 Å². The van der Waals surface area contributed by atoms with E-state index < -0.39 is 0 Å². The largest absolute Gasteiger partial charge is 0.384 e. The van der Waals surface area contributed by atoms with E-state index in [1.54, 1.807) is 18.2 Å². The average Bonchev–Trinajstić information content (AvgIpc) is 2.65. The highest BCUT2D eigenvalue weighted by Gasteiger charge is 2.20. The van der Waals surface area contributed by atoms with Crippen LogP contribution in [0, 0.1) is 34.0 Å². The van der Waals surface area contributed by atoms with Crippen LogP contribution in [0.25, 0.3) is 0 Å². The fourth-order valence-electron chi connectivity index (χ4n) is 2.46. The standard InChI is InChI=1S/C17H14Cl2N6/c18-15-2-1-14(8-16(15)19)24-3-5-25(6-4-24)17(23)13(11-22)7-12(9-20)10-21/h1-2,7-8H,3-6,23H2. The van der Waals surface area contributed by atoms with E-state index in [-0.39, 0.29) is 17.0 Å². The number of hydrogen-bond donors (Lipinski definition) is 1. The molecule has 8 heteroatoms. The number of benzene rings is 1. The number of allylic oxidation sites excluding steroid dienone is 3. The first-order chi connectivity index (χ1) is 12.0. The zero-order chi connectivity index (χ0) is 18.4. The molecule has 2 N–H and O–H groups in total. The van der Waals surface area contributed by atoms with Crippen molar-refractivity contribution in [2.75, 3.05) is 31.1 Å². The van der Waals surface area contributed by atoms with E-state index >= 15 is 0 Å². The molecule has 0 bridgehead atoms. The maximum Gasteiger partial charge on any atom is 0.131 e. The van der Waals surface area contributed by atoms with Gasteiger partial charge in [0.1, 0.15) is 29.6 Å². The van der Waals surface area contributed by atoms with Crippen LogP contribution in [0.5, 0.6) is 0 Å². The first-order valence-corrected chi connectivity index (χ1v) is 8.12. The van der Waals surface area contributed by atoms with Crippen LogP contribution >= 0.6 is 23.2 Å². The molecule has 1 fully saturated rings. The molecule has 6 nitrogen and oxygen atoms in total. The van der Waals surface area contributed by atoms with Gasteiger partial charge in [0.05, 0.1) is 15.6 Å². The van der Waals surface area contributed by atoms with Crippen molar-refractivity contribution in [2.45, 2.75) is 0 Å². The number of nitrogens with two attached hydrogens (primary N) is 1. The lowest BCUT2D eigenvalue weighted by Gasteiger charge is -2.37. The van der Waals surface area contributed by atoms with Crippen molar-refractivity contribution in [1.82, 2.24) is 4.90 Å². The van der Waals surface area contributed by atoms with E-state index in [0.717, 1.165) is 5.69 Å². The summed E-state index contributed by atoms with van der Waals surface area (Å²) in [5.74, 6) is 0.263. The highest BCUT2D eigenvalue weighted by atomic mass is 35.5. The predicted molar refractivity (Wildman–Crippen MR) is 96.4 cm³/mol. The molecule has 0 atom stereocenters. The quantitative estimate of drug-likeness (QED) is 0.645. The molecule has 0 amide bonds. The minimum atomic E-state index is -0.158. The molecule has 0 aliphatic carbocycles. The molecule has 0 aromatic heterocycles. The number of halogens is 2. The Kier molecular flexibility index (Phi) is 6.14. The predicted octanol–water partition coefficient (Wildman–Crippen LogP) is 2.78. The van der Waals surface area contributed by atoms with Crippen molar-refractivity contribution in [3.8, 4) is 18.2 Å². The molecule has 1 heterocycles. The van der Waals surface area contributed by atoms with Gasteiger partial charge in [-0.1, -0.05) is 23.2 Å². The van der Waals surface area contributed by atoms with Gasteiger partial charge in [-0.3, -0.25) is 0 Å². The average molecular weight is 373 g/mol. The summed E-state index contributed by atoms with van der Waals surface area (Å²) in [6.45, 7) is 2.56. The monoisotopic (exact) mass is 372 g/mol. The summed E-state index contributed by atoms with van der Waals surface area (Å²) in [7, 11) is 0. The van der Waals surface area contributed by atoms with Gasteiger partial charge >= 0.3 is 0 Å². The minimum absolute atomic E-state index is 0.112. The Morgan fingerprint density at radius 1 is 1.00 bits per heavy atom. The zero-order valence-electron chi connectivity index (χ0n) is 13.2. The van der Waals surface area contributed by atoms with Gasteiger partial charge in [-0.25, -0.2) is 0 Å². The van der Waals surface area contributed by atoms with Crippen LogP contribution in [0.1, 0.15) is 0 Å². The Hall–Kier alpha value is -2.85. The van der Waals surface area contributed by atoms with Crippen molar-refractivity contribution in [2.24, 2.45) is 5.73 Å². The second kappa shape index (κ2) is 8.31. The first-order valence-electron chi connectivity index (χ1n) is 7.36. The van der Waals surface area contributed by atoms with E-state index in [4.69, 9.17) is 39.5 Å². The number of nitriles is 3. The van der Waals surface area contributed by atoms with E-state index in [9.17, 15) is 5.26 Å². The van der Waals surface area contributed by atoms with E-state index in [0.29, 0.717) is 36.2 Å². The molecule has 25 heavy (non-hydrogen) atoms. The van der Waals surface area contributed by atoms with E-state index in [1.165, 1.54) is 6.08 Å². The minimum Gasteiger partial charge on any atom is -0.384 e. The van der Waals surface area contributed by atoms with Crippen LogP contribution in [0.2, 0.25) is 10.0 Å². The van der Waals surface area contributed by atoms with Crippen LogP contribution < -0.4 is 10.6 Å². The molecule has 0 radical (unpaired) electrons. The first kappa shape index (κ1) is 18.5. The number of nitrogens with zero attached hydrogens (tertiary/aromatic N) is 5. The third-order valence-corrected chi connectivity index (χ3v) is 4.55. The molecule has 126 valence electrons. The molecule has 0 unspecified atom stereocenters. The van der Waals surface area contributed by atoms with Gasteiger partial charge in [-0.2, -0.15) is 15.8 Å². The molecule has 0 saturated carbocycles. The summed E-state index contributed by atoms with van der Waals surface area (Å²) in [4.78, 5) is 4.00. The molecule has 0 spiro atoms. The highest BCUT2D eigenvalue weighted by Crippen LogP contribution is 2.28. The van der Waals surface area contributed by atoms with E-state index in [2.05, 4.69) is 4.90 Å². The van der Waals surface area contributed by atoms with Gasteiger partial charge in [-0.05, 0) is 24.3 Å². The van der Waals surface area contributed by atoms with Crippen molar-refractivity contribution >= 4 is 28.9 Å². The molecule has 1 aliphatic rings. The fourth-order valence-corrected chi connectivity index (χ4v) is 2.75. The number of anilines is 1. The maximum atomic E-state index is 9.24. The summed E-state index contributed by atoms with van der Waals surface area (Å²) in [6, 6.07) is 10.9. The maximum absolute atomic E-state index is 9.24. The molecule has 2 rings (SSSR count). The molecule has 1 aromatic rings. The third-order valence-electron chi connectivity index (χ3n) is 3.81. The lowest BCUT2D eigenvalue weighted by Crippen LogP contribution is -2.47. The lowest BCUT2D eigenvalue weighted by molar-refractivity contribution is 0.317. The molecular weight excluding hydrogens is 359 g/mol. The molecule has 1 saturated heterocycles. The van der Waals surface area contributed by atoms with Crippen LogP contribution in [0.15, 0.2) is 41.2 Å². The van der Waals surface area contributed by atoms with Gasteiger partial charge in [0.2, 0.25) is 0 Å². The van der Waals surface area contributed by atoms with Crippen molar-refractivity contribution < 1.29 is 0 Å². The molecular formula is C17H14Cl2N6. The summed E-state index contributed by atoms with van der Waals surface area (Å²) < 4.78 is 0. The number of piperazine rings is 1. The molecule has 1 aliphatic heterocycles. The Morgan fingerprint density at radius 2 is 1.64 bits per heavy atom. The molecule has 1 aromatic carbocycles. The summed E-state index contributed by atoms with van der Waals surface area (Å²) in [6.07, 6.45) is 1.21. The lowest BCUT2D eigenvalue weighted by atomic mass is 10.1. The Balaban J connectivity index is 2.13. The van der Waals surface area contributed by atoms with Crippen molar-refractivity contribution in [3.05, 3.63) is 51.3 Å². The Morgan fingerprint density at radius 3 is 2.16 bits per heavy atom. The smallest absolute Gasteiger partial charge is 0.131 e. The van der Waals surface area contributed by atoms with Gasteiger partial charge in [0.25, 0.3) is 0 Å². The van der Waals surface area contributed by atoms with E-state index in [1.807, 2.05) is 23.1 Å². The zero-order valence-corrected chi connectivity index (χ0v) is 14.7. The SMILES string of the molecule is N#CC(C#N)=CC(C#N)=C(N)N1CCN(c2ccc(Cl)c(Cl)c2)CC1. The van der Waals surface area contributed by atoms with Crippen LogP contribution in [0.3, 0.4) is 0 Å². The summed E-state index contributed by atoms with van der Waals surface area (Å²) >= 11 is 12.0. The van der Waals surface area contributed by atoms with Gasteiger partial charge < -0.3 is 15.5 Å². The number of rotatable bonds is 3. The second-order valence-corrected chi connectivity index (χ2v) is 6.08. The normalized spacial score (nSPS) is 14.7. The topological polar surface area (TPSA) is 104 Å². The van der Waals surface area contributed by atoms with Gasteiger partial charge in [0, 0.05) is 31.9 Å². The summed E-state index contributed by atoms with van der Waals surface area (Å²) in [5.41, 5.74) is 6.97. The van der Waals surface area contributed by atoms with Gasteiger partial charge in [0.15, 0.2) is 0 Å². The Bertz CT molecular complexity index is 829. The van der Waals surface area contributed by atoms with Crippen molar-refractivity contribution in [1.29, 1.82) is 15.8 Å². The van der Waals surface area contributed by atoms with Crippen LogP contribution in [-0.4, -0.2) is 31.1 Å². The second-order valence-electron chi connectivity index (χ2n) is 5.26. The van der Waals surface area contributed by atoms with Crippen LogP contribution in [-0.2, 0) is 0 Å². The van der Waals surface area contributed by atoms with Crippen molar-refractivity contribution in [3.63, 3.8) is 0 Å².